The lowest BCUT2D eigenvalue weighted by molar-refractivity contribution is -0.139. The molecular formula is C17H20N4O3. The summed E-state index contributed by atoms with van der Waals surface area (Å²) in [5.74, 6) is 0.105. The maximum absolute atomic E-state index is 12.8. The van der Waals surface area contributed by atoms with Gasteiger partial charge in [0.15, 0.2) is 0 Å². The lowest BCUT2D eigenvalue weighted by atomic mass is 10.1. The number of carbonyl (C=O) groups is 3. The Morgan fingerprint density at radius 1 is 1.08 bits per heavy atom. The van der Waals surface area contributed by atoms with Gasteiger partial charge in [0.1, 0.15) is 6.17 Å². The summed E-state index contributed by atoms with van der Waals surface area (Å²) in [4.78, 5) is 41.8. The van der Waals surface area contributed by atoms with Gasteiger partial charge in [0, 0.05) is 43.9 Å². The predicted octanol–water partition coefficient (Wildman–Crippen LogP) is 1.01. The van der Waals surface area contributed by atoms with E-state index in [-0.39, 0.29) is 24.0 Å². The van der Waals surface area contributed by atoms with E-state index in [1.54, 1.807) is 29.2 Å². The second-order valence-electron chi connectivity index (χ2n) is 6.39. The van der Waals surface area contributed by atoms with E-state index in [9.17, 15) is 14.4 Å². The van der Waals surface area contributed by atoms with Gasteiger partial charge in [0.25, 0.3) is 5.91 Å². The van der Waals surface area contributed by atoms with Gasteiger partial charge < -0.3 is 15.1 Å². The minimum atomic E-state index is -0.106. The van der Waals surface area contributed by atoms with Crippen molar-refractivity contribution in [1.82, 2.24) is 15.1 Å². The number of fused-ring (bicyclic) bond motifs is 1. The second-order valence-corrected chi connectivity index (χ2v) is 6.39. The van der Waals surface area contributed by atoms with E-state index in [0.29, 0.717) is 31.6 Å². The van der Waals surface area contributed by atoms with Crippen LogP contribution in [0.5, 0.6) is 0 Å². The van der Waals surface area contributed by atoms with Crippen molar-refractivity contribution in [1.29, 1.82) is 0 Å². The molecule has 1 N–H and O–H groups in total. The summed E-state index contributed by atoms with van der Waals surface area (Å²) < 4.78 is 0. The average Bonchev–Trinajstić information content (AvgIpc) is 3.24. The molecule has 0 aliphatic carbocycles. The van der Waals surface area contributed by atoms with Gasteiger partial charge in [-0.25, -0.2) is 4.79 Å². The smallest absolute Gasteiger partial charge is 0.321 e. The number of anilines is 1. The molecule has 3 aliphatic rings. The van der Waals surface area contributed by atoms with Crippen LogP contribution in [0.25, 0.3) is 0 Å². The van der Waals surface area contributed by atoms with Crippen LogP contribution in [0, 0.1) is 0 Å². The van der Waals surface area contributed by atoms with Gasteiger partial charge in [0.2, 0.25) is 5.91 Å². The highest BCUT2D eigenvalue weighted by Gasteiger charge is 2.39. The fraction of sp³-hybridized carbons (Fsp3) is 0.471. The van der Waals surface area contributed by atoms with Crippen LogP contribution in [0.1, 0.15) is 29.6 Å². The minimum absolute atomic E-state index is 0.0446. The van der Waals surface area contributed by atoms with Gasteiger partial charge in [-0.2, -0.15) is 0 Å². The molecule has 4 amide bonds. The maximum Gasteiger partial charge on any atom is 0.321 e. The van der Waals surface area contributed by atoms with E-state index >= 15 is 0 Å². The van der Waals surface area contributed by atoms with Crippen molar-refractivity contribution in [2.75, 3.05) is 31.1 Å². The summed E-state index contributed by atoms with van der Waals surface area (Å²) in [7, 11) is 0. The molecular weight excluding hydrogens is 308 g/mol. The summed E-state index contributed by atoms with van der Waals surface area (Å²) in [5.41, 5.74) is 1.39. The van der Waals surface area contributed by atoms with E-state index in [2.05, 4.69) is 5.32 Å². The molecule has 3 aliphatic heterocycles. The van der Waals surface area contributed by atoms with Crippen molar-refractivity contribution in [3.8, 4) is 0 Å². The molecule has 4 rings (SSSR count). The lowest BCUT2D eigenvalue weighted by Crippen LogP contribution is -2.55. The molecule has 0 spiro atoms. The molecule has 7 heteroatoms. The molecule has 1 unspecified atom stereocenters. The highest BCUT2D eigenvalue weighted by atomic mass is 16.2. The zero-order valence-corrected chi connectivity index (χ0v) is 13.4. The van der Waals surface area contributed by atoms with Crippen molar-refractivity contribution in [2.45, 2.75) is 25.4 Å². The van der Waals surface area contributed by atoms with Crippen molar-refractivity contribution >= 4 is 23.5 Å². The molecule has 0 aromatic heterocycles. The Hall–Kier alpha value is -2.57. The van der Waals surface area contributed by atoms with Gasteiger partial charge in [-0.05, 0) is 37.1 Å². The Morgan fingerprint density at radius 3 is 2.58 bits per heavy atom. The minimum Gasteiger partial charge on any atom is -0.336 e. The topological polar surface area (TPSA) is 73.0 Å². The molecule has 126 valence electrons. The fourth-order valence-electron chi connectivity index (χ4n) is 3.78. The molecule has 7 nitrogen and oxygen atoms in total. The maximum atomic E-state index is 12.8. The van der Waals surface area contributed by atoms with Crippen LogP contribution in [0.4, 0.5) is 10.5 Å². The summed E-state index contributed by atoms with van der Waals surface area (Å²) in [6.45, 7) is 2.50. The van der Waals surface area contributed by atoms with Crippen molar-refractivity contribution < 1.29 is 14.4 Å². The first kappa shape index (κ1) is 15.0. The van der Waals surface area contributed by atoms with Gasteiger partial charge in [-0.1, -0.05) is 0 Å². The number of amides is 4. The third-order valence-electron chi connectivity index (χ3n) is 5.01. The monoisotopic (exact) mass is 328 g/mol. The van der Waals surface area contributed by atoms with E-state index < -0.39 is 0 Å². The van der Waals surface area contributed by atoms with Crippen LogP contribution in [0.2, 0.25) is 0 Å². The first-order chi connectivity index (χ1) is 11.6. The number of carbonyl (C=O) groups excluding carboxylic acids is 3. The van der Waals surface area contributed by atoms with Crippen LogP contribution in [-0.4, -0.2) is 60.0 Å². The predicted molar refractivity (Wildman–Crippen MR) is 87.6 cm³/mol. The van der Waals surface area contributed by atoms with Crippen LogP contribution < -0.4 is 10.2 Å². The van der Waals surface area contributed by atoms with Crippen LogP contribution >= 0.6 is 0 Å². The Labute approximate surface area is 140 Å². The third-order valence-corrected chi connectivity index (χ3v) is 5.01. The molecule has 1 atom stereocenters. The SMILES string of the molecule is O=C1NCCN1c1ccc(C(=O)N2CCC(=O)N3CCCC32)cc1. The number of urea groups is 1. The quantitative estimate of drug-likeness (QED) is 0.881. The van der Waals surface area contributed by atoms with Gasteiger partial charge in [0.05, 0.1) is 0 Å². The van der Waals surface area contributed by atoms with Gasteiger partial charge in [-0.3, -0.25) is 14.5 Å². The second kappa shape index (κ2) is 5.81. The highest BCUT2D eigenvalue weighted by molar-refractivity contribution is 5.97. The lowest BCUT2D eigenvalue weighted by Gasteiger charge is -2.39. The van der Waals surface area contributed by atoms with E-state index in [1.165, 1.54) is 0 Å². The first-order valence-corrected chi connectivity index (χ1v) is 8.41. The molecule has 24 heavy (non-hydrogen) atoms. The zero-order valence-electron chi connectivity index (χ0n) is 13.4. The van der Waals surface area contributed by atoms with Crippen LogP contribution in [0.3, 0.4) is 0 Å². The number of benzene rings is 1. The number of rotatable bonds is 2. The summed E-state index contributed by atoms with van der Waals surface area (Å²) in [6.07, 6.45) is 2.10. The number of hydrogen-bond donors (Lipinski definition) is 1. The molecule has 1 aromatic carbocycles. The average molecular weight is 328 g/mol. The molecule has 0 radical (unpaired) electrons. The number of hydrogen-bond acceptors (Lipinski definition) is 3. The van der Waals surface area contributed by atoms with E-state index in [1.807, 2.05) is 9.80 Å². The Kier molecular flexibility index (Phi) is 3.63. The van der Waals surface area contributed by atoms with Gasteiger partial charge in [-0.15, -0.1) is 0 Å². The molecule has 3 fully saturated rings. The Balaban J connectivity index is 1.52. The standard InChI is InChI=1S/C17H20N4O3/c22-15-7-10-21(14-2-1-9-20(14)15)16(23)12-3-5-13(6-4-12)19-11-8-18-17(19)24/h3-6,14H,1-2,7-11H2,(H,18,24). The van der Waals surface area contributed by atoms with E-state index in [4.69, 9.17) is 0 Å². The molecule has 0 bridgehead atoms. The molecule has 0 saturated carbocycles. The van der Waals surface area contributed by atoms with Crippen molar-refractivity contribution in [3.63, 3.8) is 0 Å². The fourth-order valence-corrected chi connectivity index (χ4v) is 3.78. The number of nitrogens with one attached hydrogen (secondary N) is 1. The van der Waals surface area contributed by atoms with Crippen molar-refractivity contribution in [2.24, 2.45) is 0 Å². The zero-order chi connectivity index (χ0) is 16.7. The van der Waals surface area contributed by atoms with Gasteiger partial charge >= 0.3 is 6.03 Å². The molecule has 1 aromatic rings. The molecule has 3 heterocycles. The molecule has 3 saturated heterocycles. The van der Waals surface area contributed by atoms with Crippen LogP contribution in [-0.2, 0) is 4.79 Å². The summed E-state index contributed by atoms with van der Waals surface area (Å²) in [6, 6.07) is 7.03. The van der Waals surface area contributed by atoms with Crippen LogP contribution in [0.15, 0.2) is 24.3 Å². The normalized spacial score (nSPS) is 23.5. The number of nitrogens with zero attached hydrogens (tertiary/aromatic N) is 3. The largest absolute Gasteiger partial charge is 0.336 e. The highest BCUT2D eigenvalue weighted by Crippen LogP contribution is 2.28. The first-order valence-electron chi connectivity index (χ1n) is 8.41. The Morgan fingerprint density at radius 2 is 1.88 bits per heavy atom. The van der Waals surface area contributed by atoms with Crippen molar-refractivity contribution in [3.05, 3.63) is 29.8 Å². The third kappa shape index (κ3) is 2.40. The van der Waals surface area contributed by atoms with E-state index in [0.717, 1.165) is 25.1 Å². The Bertz CT molecular complexity index is 688. The summed E-state index contributed by atoms with van der Waals surface area (Å²) >= 11 is 0. The summed E-state index contributed by atoms with van der Waals surface area (Å²) in [5, 5.41) is 2.76.